The van der Waals surface area contributed by atoms with Crippen LogP contribution in [0.1, 0.15) is 26.2 Å². The molecule has 0 amide bonds. The molecule has 92 valence electrons. The second kappa shape index (κ2) is 4.87. The summed E-state index contributed by atoms with van der Waals surface area (Å²) in [6.07, 6.45) is 4.78. The van der Waals surface area contributed by atoms with Gasteiger partial charge in [-0.1, -0.05) is 24.9 Å². The Labute approximate surface area is 104 Å². The molecule has 6 heteroatoms. The van der Waals surface area contributed by atoms with Gasteiger partial charge in [-0.25, -0.2) is 4.98 Å². The van der Waals surface area contributed by atoms with Gasteiger partial charge < -0.3 is 5.32 Å². The number of hydrogen-bond acceptors (Lipinski definition) is 4. The Kier molecular flexibility index (Phi) is 3.47. The van der Waals surface area contributed by atoms with E-state index in [0.717, 1.165) is 19.3 Å². The second-order valence-corrected chi connectivity index (χ2v) is 4.75. The number of nitro groups is 1. The van der Waals surface area contributed by atoms with Gasteiger partial charge >= 0.3 is 5.69 Å². The van der Waals surface area contributed by atoms with Crippen molar-refractivity contribution in [3.8, 4) is 0 Å². The molecule has 0 saturated heterocycles. The predicted octanol–water partition coefficient (Wildman–Crippen LogP) is 3.24. The summed E-state index contributed by atoms with van der Waals surface area (Å²) in [5, 5.41) is 14.2. The Morgan fingerprint density at radius 2 is 2.47 bits per heavy atom. The first kappa shape index (κ1) is 12.1. The number of aromatic nitrogens is 1. The van der Waals surface area contributed by atoms with Crippen LogP contribution in [0.15, 0.2) is 12.3 Å². The summed E-state index contributed by atoms with van der Waals surface area (Å²) in [5.74, 6) is 0.945. The number of pyridine rings is 1. The highest BCUT2D eigenvalue weighted by atomic mass is 35.5. The number of nitrogens with one attached hydrogen (secondary N) is 1. The minimum atomic E-state index is -0.460. The zero-order valence-electron chi connectivity index (χ0n) is 9.52. The van der Waals surface area contributed by atoms with Crippen LogP contribution in [0.25, 0.3) is 0 Å². The summed E-state index contributed by atoms with van der Waals surface area (Å²) >= 11 is 5.70. The van der Waals surface area contributed by atoms with E-state index in [9.17, 15) is 10.1 Å². The molecule has 1 saturated carbocycles. The minimum absolute atomic E-state index is 0.0559. The third kappa shape index (κ3) is 2.85. The number of halogens is 1. The number of rotatable bonds is 5. The molecular weight excluding hydrogens is 242 g/mol. The molecule has 1 aliphatic rings. The summed E-state index contributed by atoms with van der Waals surface area (Å²) in [7, 11) is 0. The Morgan fingerprint density at radius 3 is 3.12 bits per heavy atom. The van der Waals surface area contributed by atoms with Crippen LogP contribution in [0.4, 0.5) is 11.5 Å². The lowest BCUT2D eigenvalue weighted by Crippen LogP contribution is -2.08. The highest BCUT2D eigenvalue weighted by Gasteiger charge is 2.37. The van der Waals surface area contributed by atoms with Gasteiger partial charge in [0.25, 0.3) is 0 Å². The summed E-state index contributed by atoms with van der Waals surface area (Å²) in [6, 6.07) is 1.65. The maximum Gasteiger partial charge on any atom is 0.312 e. The van der Waals surface area contributed by atoms with Crippen molar-refractivity contribution in [2.24, 2.45) is 5.92 Å². The lowest BCUT2D eigenvalue weighted by molar-refractivity contribution is -0.384. The van der Waals surface area contributed by atoms with E-state index < -0.39 is 4.92 Å². The molecule has 2 atom stereocenters. The topological polar surface area (TPSA) is 68.1 Å². The van der Waals surface area contributed by atoms with E-state index in [1.165, 1.54) is 12.3 Å². The normalized spacial score (nSPS) is 22.2. The molecule has 1 fully saturated rings. The van der Waals surface area contributed by atoms with Crippen molar-refractivity contribution in [2.45, 2.75) is 32.2 Å². The molecule has 1 aliphatic carbocycles. The molecule has 1 N–H and O–H groups in total. The highest BCUT2D eigenvalue weighted by Crippen LogP contribution is 2.38. The molecule has 0 bridgehead atoms. The molecule has 2 rings (SSSR count). The van der Waals surface area contributed by atoms with Crippen molar-refractivity contribution in [3.05, 3.63) is 27.4 Å². The summed E-state index contributed by atoms with van der Waals surface area (Å²) in [6.45, 7) is 2.14. The smallest absolute Gasteiger partial charge is 0.312 e. The maximum atomic E-state index is 10.9. The first-order valence-corrected chi connectivity index (χ1v) is 6.06. The van der Waals surface area contributed by atoms with Gasteiger partial charge in [0, 0.05) is 18.3 Å². The third-order valence-electron chi connectivity index (χ3n) is 2.94. The Hall–Kier alpha value is -1.36. The van der Waals surface area contributed by atoms with E-state index in [1.54, 1.807) is 0 Å². The van der Waals surface area contributed by atoms with Crippen LogP contribution in [-0.4, -0.2) is 15.9 Å². The Bertz CT molecular complexity index is 439. The fraction of sp³-hybridized carbons (Fsp3) is 0.545. The van der Waals surface area contributed by atoms with E-state index >= 15 is 0 Å². The zero-order chi connectivity index (χ0) is 12.4. The van der Waals surface area contributed by atoms with E-state index in [1.807, 2.05) is 0 Å². The number of nitrogens with zero attached hydrogens (tertiary/aromatic N) is 2. The summed E-state index contributed by atoms with van der Waals surface area (Å²) in [4.78, 5) is 14.4. The fourth-order valence-electron chi connectivity index (χ4n) is 1.97. The van der Waals surface area contributed by atoms with Gasteiger partial charge in [-0.05, 0) is 18.8 Å². The monoisotopic (exact) mass is 255 g/mol. The van der Waals surface area contributed by atoms with E-state index in [-0.39, 0.29) is 10.7 Å². The number of hydrogen-bond donors (Lipinski definition) is 1. The van der Waals surface area contributed by atoms with Crippen molar-refractivity contribution in [1.29, 1.82) is 0 Å². The SMILES string of the molecule is CCCC1CC1Nc1ncc(Cl)cc1[N+](=O)[O-]. The zero-order valence-corrected chi connectivity index (χ0v) is 10.3. The van der Waals surface area contributed by atoms with E-state index in [4.69, 9.17) is 11.6 Å². The number of anilines is 1. The highest BCUT2D eigenvalue weighted by molar-refractivity contribution is 6.30. The molecule has 0 spiro atoms. The van der Waals surface area contributed by atoms with Gasteiger partial charge in [0.2, 0.25) is 5.82 Å². The average Bonchev–Trinajstić information content (AvgIpc) is 2.99. The lowest BCUT2D eigenvalue weighted by Gasteiger charge is -2.05. The van der Waals surface area contributed by atoms with E-state index in [0.29, 0.717) is 17.8 Å². The molecule has 2 unspecified atom stereocenters. The molecule has 0 aliphatic heterocycles. The molecule has 0 aromatic carbocycles. The van der Waals surface area contributed by atoms with Crippen molar-refractivity contribution >= 4 is 23.1 Å². The van der Waals surface area contributed by atoms with Crippen LogP contribution in [0.2, 0.25) is 5.02 Å². The quantitative estimate of drug-likeness (QED) is 0.648. The van der Waals surface area contributed by atoms with Crippen LogP contribution in [0, 0.1) is 16.0 Å². The summed E-state index contributed by atoms with van der Waals surface area (Å²) < 4.78 is 0. The molecule has 1 aromatic rings. The summed E-state index contributed by atoms with van der Waals surface area (Å²) in [5.41, 5.74) is -0.0559. The molecule has 5 nitrogen and oxygen atoms in total. The fourth-order valence-corrected chi connectivity index (χ4v) is 2.12. The third-order valence-corrected chi connectivity index (χ3v) is 3.14. The van der Waals surface area contributed by atoms with Gasteiger partial charge in [-0.3, -0.25) is 10.1 Å². The lowest BCUT2D eigenvalue weighted by atomic mass is 10.2. The Morgan fingerprint density at radius 1 is 1.71 bits per heavy atom. The first-order valence-electron chi connectivity index (χ1n) is 5.68. The maximum absolute atomic E-state index is 10.9. The van der Waals surface area contributed by atoms with Crippen LogP contribution in [-0.2, 0) is 0 Å². The van der Waals surface area contributed by atoms with Crippen LogP contribution in [0.3, 0.4) is 0 Å². The standard InChI is InChI=1S/C11H14ClN3O2/c1-2-3-7-4-9(7)14-11-10(15(16)17)5-8(12)6-13-11/h5-7,9H,2-4H2,1H3,(H,13,14). The van der Waals surface area contributed by atoms with Crippen LogP contribution < -0.4 is 5.32 Å². The molecular formula is C11H14ClN3O2. The van der Waals surface area contributed by atoms with Gasteiger partial charge in [0.1, 0.15) is 0 Å². The van der Waals surface area contributed by atoms with Gasteiger partial charge in [-0.15, -0.1) is 0 Å². The van der Waals surface area contributed by atoms with Crippen molar-refractivity contribution in [1.82, 2.24) is 4.98 Å². The Balaban J connectivity index is 2.08. The minimum Gasteiger partial charge on any atom is -0.361 e. The molecule has 1 heterocycles. The predicted molar refractivity (Wildman–Crippen MR) is 66.3 cm³/mol. The van der Waals surface area contributed by atoms with E-state index in [2.05, 4.69) is 17.2 Å². The van der Waals surface area contributed by atoms with Crippen molar-refractivity contribution in [3.63, 3.8) is 0 Å². The van der Waals surface area contributed by atoms with Gasteiger partial charge in [-0.2, -0.15) is 0 Å². The molecule has 17 heavy (non-hydrogen) atoms. The first-order chi connectivity index (χ1) is 8.11. The van der Waals surface area contributed by atoms with Crippen molar-refractivity contribution < 1.29 is 4.92 Å². The second-order valence-electron chi connectivity index (χ2n) is 4.31. The molecule has 0 radical (unpaired) electrons. The van der Waals surface area contributed by atoms with Crippen LogP contribution >= 0.6 is 11.6 Å². The molecule has 1 aromatic heterocycles. The average molecular weight is 256 g/mol. The van der Waals surface area contributed by atoms with Crippen LogP contribution in [0.5, 0.6) is 0 Å². The van der Waals surface area contributed by atoms with Gasteiger partial charge in [0.15, 0.2) is 0 Å². The van der Waals surface area contributed by atoms with Gasteiger partial charge in [0.05, 0.1) is 9.95 Å². The van der Waals surface area contributed by atoms with Crippen molar-refractivity contribution in [2.75, 3.05) is 5.32 Å². The largest absolute Gasteiger partial charge is 0.361 e.